The van der Waals surface area contributed by atoms with Crippen LogP contribution in [0.15, 0.2) is 42.5 Å². The molecule has 5 nitrogen and oxygen atoms in total. The van der Waals surface area contributed by atoms with Crippen molar-refractivity contribution in [3.05, 3.63) is 48.0 Å². The number of hydrogen-bond donors (Lipinski definition) is 1. The van der Waals surface area contributed by atoms with Crippen molar-refractivity contribution < 1.29 is 19.0 Å². The van der Waals surface area contributed by atoms with Crippen LogP contribution in [0.25, 0.3) is 11.1 Å². The third-order valence-corrected chi connectivity index (χ3v) is 4.34. The van der Waals surface area contributed by atoms with Gasteiger partial charge in [0.15, 0.2) is 11.5 Å². The molecule has 2 aliphatic rings. The van der Waals surface area contributed by atoms with Crippen LogP contribution >= 0.6 is 0 Å². The molecule has 1 saturated heterocycles. The summed E-state index contributed by atoms with van der Waals surface area (Å²) < 4.78 is 16.3. The van der Waals surface area contributed by atoms with Crippen LogP contribution in [-0.4, -0.2) is 32.0 Å². The first kappa shape index (κ1) is 15.0. The Balaban J connectivity index is 1.49. The minimum atomic E-state index is -0.0758. The lowest BCUT2D eigenvalue weighted by atomic mass is 10.0. The maximum absolute atomic E-state index is 12.4. The molecule has 4 rings (SSSR count). The van der Waals surface area contributed by atoms with Crippen molar-refractivity contribution in [1.29, 1.82) is 0 Å². The van der Waals surface area contributed by atoms with Gasteiger partial charge in [-0.05, 0) is 48.2 Å². The molecule has 1 unspecified atom stereocenters. The Bertz CT molecular complexity index is 753. The van der Waals surface area contributed by atoms with Gasteiger partial charge in [-0.2, -0.15) is 0 Å². The molecule has 0 bridgehead atoms. The van der Waals surface area contributed by atoms with Crippen molar-refractivity contribution in [1.82, 2.24) is 5.32 Å². The van der Waals surface area contributed by atoms with E-state index in [-0.39, 0.29) is 18.8 Å². The topological polar surface area (TPSA) is 56.8 Å². The average Bonchev–Trinajstić information content (AvgIpc) is 3.30. The first-order valence-corrected chi connectivity index (χ1v) is 8.19. The maximum Gasteiger partial charge on any atom is 0.251 e. The van der Waals surface area contributed by atoms with Gasteiger partial charge in [0.25, 0.3) is 5.91 Å². The van der Waals surface area contributed by atoms with Crippen molar-refractivity contribution in [3.8, 4) is 22.6 Å². The SMILES string of the molecule is O=C(NCC1CCCO1)c1cccc(-c2ccc3c(c2)OCO3)c1. The van der Waals surface area contributed by atoms with Crippen molar-refractivity contribution >= 4 is 5.91 Å². The third-order valence-electron chi connectivity index (χ3n) is 4.34. The van der Waals surface area contributed by atoms with E-state index < -0.39 is 0 Å². The van der Waals surface area contributed by atoms with Crippen LogP contribution in [-0.2, 0) is 4.74 Å². The van der Waals surface area contributed by atoms with E-state index in [4.69, 9.17) is 14.2 Å². The fourth-order valence-corrected chi connectivity index (χ4v) is 3.03. The highest BCUT2D eigenvalue weighted by Gasteiger charge is 2.17. The van der Waals surface area contributed by atoms with Gasteiger partial charge in [-0.1, -0.05) is 18.2 Å². The van der Waals surface area contributed by atoms with E-state index >= 15 is 0 Å². The highest BCUT2D eigenvalue weighted by molar-refractivity contribution is 5.95. The van der Waals surface area contributed by atoms with E-state index in [9.17, 15) is 4.79 Å². The summed E-state index contributed by atoms with van der Waals surface area (Å²) in [6, 6.07) is 13.4. The molecule has 2 aromatic rings. The van der Waals surface area contributed by atoms with Gasteiger partial charge in [0, 0.05) is 18.7 Å². The van der Waals surface area contributed by atoms with Crippen LogP contribution in [0.5, 0.6) is 11.5 Å². The summed E-state index contributed by atoms with van der Waals surface area (Å²) >= 11 is 0. The highest BCUT2D eigenvalue weighted by atomic mass is 16.7. The number of amides is 1. The molecule has 0 aliphatic carbocycles. The largest absolute Gasteiger partial charge is 0.454 e. The van der Waals surface area contributed by atoms with E-state index in [0.29, 0.717) is 12.1 Å². The van der Waals surface area contributed by atoms with Gasteiger partial charge in [-0.3, -0.25) is 4.79 Å². The zero-order chi connectivity index (χ0) is 16.4. The van der Waals surface area contributed by atoms with Gasteiger partial charge >= 0.3 is 0 Å². The Morgan fingerprint density at radius 2 is 1.96 bits per heavy atom. The number of carbonyl (C=O) groups excluding carboxylic acids is 1. The molecular formula is C19H19NO4. The third kappa shape index (κ3) is 3.08. The summed E-state index contributed by atoms with van der Waals surface area (Å²) in [7, 11) is 0. The van der Waals surface area contributed by atoms with Gasteiger partial charge in [-0.25, -0.2) is 0 Å². The summed E-state index contributed by atoms with van der Waals surface area (Å²) in [5.74, 6) is 1.41. The predicted octanol–water partition coefficient (Wildman–Crippen LogP) is 2.99. The van der Waals surface area contributed by atoms with E-state index in [2.05, 4.69) is 5.32 Å². The van der Waals surface area contributed by atoms with Gasteiger partial charge in [0.05, 0.1) is 6.10 Å². The van der Waals surface area contributed by atoms with Crippen molar-refractivity contribution in [2.75, 3.05) is 19.9 Å². The molecule has 2 aromatic carbocycles. The van der Waals surface area contributed by atoms with Crippen LogP contribution in [0.1, 0.15) is 23.2 Å². The summed E-state index contributed by atoms with van der Waals surface area (Å²) in [5.41, 5.74) is 2.61. The summed E-state index contributed by atoms with van der Waals surface area (Å²) in [4.78, 5) is 12.4. The fourth-order valence-electron chi connectivity index (χ4n) is 3.03. The molecule has 0 saturated carbocycles. The number of carbonyl (C=O) groups is 1. The lowest BCUT2D eigenvalue weighted by Crippen LogP contribution is -2.31. The normalized spacial score (nSPS) is 18.6. The highest BCUT2D eigenvalue weighted by Crippen LogP contribution is 2.36. The van der Waals surface area contributed by atoms with Gasteiger partial charge in [-0.15, -0.1) is 0 Å². The lowest BCUT2D eigenvalue weighted by molar-refractivity contribution is 0.0858. The molecule has 5 heteroatoms. The van der Waals surface area contributed by atoms with E-state index in [1.165, 1.54) is 0 Å². The van der Waals surface area contributed by atoms with E-state index in [0.717, 1.165) is 42.1 Å². The van der Waals surface area contributed by atoms with Crippen molar-refractivity contribution in [3.63, 3.8) is 0 Å². The van der Waals surface area contributed by atoms with Crippen LogP contribution in [0, 0.1) is 0 Å². The van der Waals surface area contributed by atoms with Gasteiger partial charge in [0.2, 0.25) is 6.79 Å². The number of hydrogen-bond acceptors (Lipinski definition) is 4. The molecule has 1 N–H and O–H groups in total. The van der Waals surface area contributed by atoms with Crippen LogP contribution in [0.2, 0.25) is 0 Å². The van der Waals surface area contributed by atoms with Crippen LogP contribution in [0.3, 0.4) is 0 Å². The standard InChI is InChI=1S/C19H19NO4/c21-19(20-11-16-5-2-8-22-16)15-4-1-3-13(9-15)14-6-7-17-18(10-14)24-12-23-17/h1,3-4,6-7,9-10,16H,2,5,8,11-12H2,(H,20,21). The molecule has 1 fully saturated rings. The second kappa shape index (κ2) is 6.53. The first-order chi connectivity index (χ1) is 11.8. The molecular weight excluding hydrogens is 306 g/mol. The smallest absolute Gasteiger partial charge is 0.251 e. The van der Waals surface area contributed by atoms with Gasteiger partial charge in [0.1, 0.15) is 0 Å². The molecule has 0 aromatic heterocycles. The Kier molecular flexibility index (Phi) is 4.09. The van der Waals surface area contributed by atoms with Crippen LogP contribution in [0.4, 0.5) is 0 Å². The van der Waals surface area contributed by atoms with E-state index in [1.54, 1.807) is 0 Å². The molecule has 0 spiro atoms. The molecule has 2 heterocycles. The number of benzene rings is 2. The second-order valence-corrected chi connectivity index (χ2v) is 5.99. The monoisotopic (exact) mass is 325 g/mol. The summed E-state index contributed by atoms with van der Waals surface area (Å²) in [6.07, 6.45) is 2.23. The Labute approximate surface area is 140 Å². The summed E-state index contributed by atoms with van der Waals surface area (Å²) in [5, 5.41) is 2.95. The molecule has 1 atom stereocenters. The zero-order valence-electron chi connectivity index (χ0n) is 13.3. The van der Waals surface area contributed by atoms with Crippen molar-refractivity contribution in [2.24, 2.45) is 0 Å². The minimum absolute atomic E-state index is 0.0758. The van der Waals surface area contributed by atoms with Crippen molar-refractivity contribution in [2.45, 2.75) is 18.9 Å². The summed E-state index contributed by atoms with van der Waals surface area (Å²) in [6.45, 7) is 1.61. The fraction of sp³-hybridized carbons (Fsp3) is 0.316. The Hall–Kier alpha value is -2.53. The second-order valence-electron chi connectivity index (χ2n) is 5.99. The first-order valence-electron chi connectivity index (χ1n) is 8.19. The predicted molar refractivity (Wildman–Crippen MR) is 89.3 cm³/mol. The Morgan fingerprint density at radius 3 is 2.83 bits per heavy atom. The molecule has 1 amide bonds. The van der Waals surface area contributed by atoms with Crippen LogP contribution < -0.4 is 14.8 Å². The minimum Gasteiger partial charge on any atom is -0.454 e. The number of fused-ring (bicyclic) bond motifs is 1. The zero-order valence-corrected chi connectivity index (χ0v) is 13.3. The molecule has 0 radical (unpaired) electrons. The maximum atomic E-state index is 12.4. The van der Waals surface area contributed by atoms with Gasteiger partial charge < -0.3 is 19.5 Å². The quantitative estimate of drug-likeness (QED) is 0.939. The number of ether oxygens (including phenoxy) is 3. The molecule has 124 valence electrons. The van der Waals surface area contributed by atoms with E-state index in [1.807, 2.05) is 42.5 Å². The number of nitrogens with one attached hydrogen (secondary N) is 1. The molecule has 2 aliphatic heterocycles. The lowest BCUT2D eigenvalue weighted by Gasteiger charge is -2.11. The molecule has 24 heavy (non-hydrogen) atoms. The Morgan fingerprint density at radius 1 is 1.08 bits per heavy atom. The average molecular weight is 325 g/mol. The number of rotatable bonds is 4.